The predicted molar refractivity (Wildman–Crippen MR) is 125 cm³/mol. The Bertz CT molecular complexity index is 1420. The topological polar surface area (TPSA) is 79.4 Å². The number of halogens is 4. The van der Waals surface area contributed by atoms with Crippen LogP contribution in [-0.2, 0) is 6.54 Å². The third kappa shape index (κ3) is 4.99. The van der Waals surface area contributed by atoms with E-state index in [1.807, 2.05) is 12.1 Å². The third-order valence-corrected chi connectivity index (χ3v) is 6.18. The number of rotatable bonds is 7. The van der Waals surface area contributed by atoms with Gasteiger partial charge in [0.25, 0.3) is 5.69 Å². The molecular formula is C24H17BrF3N3O4. The van der Waals surface area contributed by atoms with Crippen LogP contribution in [0, 0.1) is 34.5 Å². The second kappa shape index (κ2) is 9.79. The van der Waals surface area contributed by atoms with Crippen molar-refractivity contribution in [2.45, 2.75) is 13.5 Å². The van der Waals surface area contributed by atoms with E-state index >= 15 is 0 Å². The highest BCUT2D eigenvalue weighted by atomic mass is 79.9. The van der Waals surface area contributed by atoms with Crippen LogP contribution in [0.4, 0.5) is 18.9 Å². The van der Waals surface area contributed by atoms with Crippen LogP contribution in [0.3, 0.4) is 0 Å². The van der Waals surface area contributed by atoms with Crippen LogP contribution in [0.1, 0.15) is 11.1 Å². The van der Waals surface area contributed by atoms with Gasteiger partial charge >= 0.3 is 0 Å². The van der Waals surface area contributed by atoms with Crippen LogP contribution < -0.4 is 9.47 Å². The Balaban J connectivity index is 1.64. The molecule has 0 amide bonds. The minimum Gasteiger partial charge on any atom is -0.497 e. The standard InChI is InChI=1S/C24H17BrF3N3O4/c1-13-20(31(32)33)10-18(27)24(22(13)25)35-21-9-15(5-8-17(21)26)23-19(28)12-30(29-23)11-14-3-6-16(34-2)7-4-14/h3-10,12H,11H2,1-2H3. The van der Waals surface area contributed by atoms with Crippen LogP contribution in [0.2, 0.25) is 0 Å². The zero-order chi connectivity index (χ0) is 25.3. The molecule has 180 valence electrons. The molecule has 1 heterocycles. The fourth-order valence-corrected chi connectivity index (χ4v) is 3.87. The normalized spacial score (nSPS) is 10.9. The summed E-state index contributed by atoms with van der Waals surface area (Å²) >= 11 is 3.08. The van der Waals surface area contributed by atoms with E-state index in [-0.39, 0.29) is 27.8 Å². The van der Waals surface area contributed by atoms with Gasteiger partial charge in [-0.05, 0) is 58.7 Å². The van der Waals surface area contributed by atoms with Gasteiger partial charge in [-0.3, -0.25) is 14.8 Å². The number of hydrogen-bond donors (Lipinski definition) is 0. The summed E-state index contributed by atoms with van der Waals surface area (Å²) in [5, 5.41) is 15.3. The van der Waals surface area contributed by atoms with Crippen molar-refractivity contribution in [2.75, 3.05) is 7.11 Å². The largest absolute Gasteiger partial charge is 0.497 e. The minimum atomic E-state index is -1.06. The SMILES string of the molecule is COc1ccc(Cn2cc(F)c(-c3ccc(F)c(Oc4c(F)cc([N+](=O)[O-])c(C)c4Br)c3)n2)cc1. The molecule has 0 aliphatic heterocycles. The zero-order valence-electron chi connectivity index (χ0n) is 18.4. The van der Waals surface area contributed by atoms with Gasteiger partial charge in [0.05, 0.1) is 35.3 Å². The molecule has 35 heavy (non-hydrogen) atoms. The van der Waals surface area contributed by atoms with E-state index in [4.69, 9.17) is 9.47 Å². The van der Waals surface area contributed by atoms with E-state index in [2.05, 4.69) is 21.0 Å². The number of nitro benzene ring substituents is 1. The lowest BCUT2D eigenvalue weighted by Gasteiger charge is -2.12. The van der Waals surface area contributed by atoms with Crippen molar-refractivity contribution in [2.24, 2.45) is 0 Å². The van der Waals surface area contributed by atoms with Crippen LogP contribution in [0.15, 0.2) is 59.2 Å². The molecule has 0 fully saturated rings. The molecule has 0 atom stereocenters. The summed E-state index contributed by atoms with van der Waals surface area (Å²) in [5.74, 6) is -2.70. The lowest BCUT2D eigenvalue weighted by molar-refractivity contribution is -0.385. The Kier molecular flexibility index (Phi) is 6.79. The molecule has 0 saturated heterocycles. The molecule has 0 radical (unpaired) electrons. The Morgan fingerprint density at radius 2 is 1.77 bits per heavy atom. The Labute approximate surface area is 206 Å². The molecule has 1 aromatic heterocycles. The predicted octanol–water partition coefficient (Wildman–Crippen LogP) is 6.80. The van der Waals surface area contributed by atoms with Gasteiger partial charge in [0.2, 0.25) is 0 Å². The second-order valence-electron chi connectivity index (χ2n) is 7.52. The van der Waals surface area contributed by atoms with E-state index in [0.29, 0.717) is 11.8 Å². The first-order valence-corrected chi connectivity index (χ1v) is 10.9. The Morgan fingerprint density at radius 3 is 2.43 bits per heavy atom. The molecule has 0 unspecified atom stereocenters. The summed E-state index contributed by atoms with van der Waals surface area (Å²) in [6.07, 6.45) is 1.21. The lowest BCUT2D eigenvalue weighted by atomic mass is 10.1. The number of benzene rings is 3. The van der Waals surface area contributed by atoms with Gasteiger partial charge in [0, 0.05) is 11.1 Å². The smallest absolute Gasteiger partial charge is 0.276 e. The van der Waals surface area contributed by atoms with E-state index in [1.165, 1.54) is 29.9 Å². The summed E-state index contributed by atoms with van der Waals surface area (Å²) in [6, 6.07) is 11.4. The maximum atomic E-state index is 14.7. The molecule has 3 aromatic carbocycles. The second-order valence-corrected chi connectivity index (χ2v) is 8.31. The van der Waals surface area contributed by atoms with Gasteiger partial charge in [-0.1, -0.05) is 12.1 Å². The first kappa shape index (κ1) is 24.3. The van der Waals surface area contributed by atoms with Crippen LogP contribution >= 0.6 is 15.9 Å². The minimum absolute atomic E-state index is 0.0380. The lowest BCUT2D eigenvalue weighted by Crippen LogP contribution is -2.01. The van der Waals surface area contributed by atoms with Crippen molar-refractivity contribution < 1.29 is 27.6 Å². The number of ether oxygens (including phenoxy) is 2. The molecule has 0 N–H and O–H groups in total. The summed E-state index contributed by atoms with van der Waals surface area (Å²) in [4.78, 5) is 10.4. The first-order chi connectivity index (χ1) is 16.7. The molecule has 7 nitrogen and oxygen atoms in total. The number of aromatic nitrogens is 2. The number of nitrogens with zero attached hydrogens (tertiary/aromatic N) is 3. The summed E-state index contributed by atoms with van der Waals surface area (Å²) in [5.41, 5.74) is 0.647. The van der Waals surface area contributed by atoms with Crippen LogP contribution in [0.5, 0.6) is 17.2 Å². The van der Waals surface area contributed by atoms with Crippen molar-refractivity contribution in [1.29, 1.82) is 0 Å². The fraction of sp³-hybridized carbons (Fsp3) is 0.125. The highest BCUT2D eigenvalue weighted by Gasteiger charge is 2.23. The number of methoxy groups -OCH3 is 1. The fourth-order valence-electron chi connectivity index (χ4n) is 3.40. The van der Waals surface area contributed by atoms with Crippen molar-refractivity contribution in [3.63, 3.8) is 0 Å². The van der Waals surface area contributed by atoms with Gasteiger partial charge < -0.3 is 9.47 Å². The number of hydrogen-bond acceptors (Lipinski definition) is 5. The van der Waals surface area contributed by atoms with Gasteiger partial charge in [0.15, 0.2) is 29.0 Å². The summed E-state index contributed by atoms with van der Waals surface area (Å²) in [6.45, 7) is 1.68. The quantitative estimate of drug-likeness (QED) is 0.188. The van der Waals surface area contributed by atoms with Gasteiger partial charge in [-0.2, -0.15) is 5.10 Å². The highest BCUT2D eigenvalue weighted by Crippen LogP contribution is 2.40. The zero-order valence-corrected chi connectivity index (χ0v) is 20.0. The molecular weight excluding hydrogens is 531 g/mol. The average molecular weight is 548 g/mol. The molecule has 4 rings (SSSR count). The monoisotopic (exact) mass is 547 g/mol. The Hall–Kier alpha value is -3.86. The maximum absolute atomic E-state index is 14.7. The van der Waals surface area contributed by atoms with Crippen LogP contribution in [0.25, 0.3) is 11.3 Å². The molecule has 0 bridgehead atoms. The number of nitro groups is 1. The van der Waals surface area contributed by atoms with Crippen LogP contribution in [-0.4, -0.2) is 21.8 Å². The van der Waals surface area contributed by atoms with Crippen molar-refractivity contribution in [3.05, 3.63) is 97.9 Å². The van der Waals surface area contributed by atoms with E-state index in [9.17, 15) is 23.3 Å². The molecule has 0 spiro atoms. The first-order valence-electron chi connectivity index (χ1n) is 10.1. The van der Waals surface area contributed by atoms with Crippen molar-refractivity contribution in [3.8, 4) is 28.5 Å². The van der Waals surface area contributed by atoms with Gasteiger partial charge in [-0.15, -0.1) is 0 Å². The van der Waals surface area contributed by atoms with Crippen molar-refractivity contribution in [1.82, 2.24) is 9.78 Å². The molecule has 0 saturated carbocycles. The highest BCUT2D eigenvalue weighted by molar-refractivity contribution is 9.10. The maximum Gasteiger partial charge on any atom is 0.276 e. The molecule has 11 heteroatoms. The summed E-state index contributed by atoms with van der Waals surface area (Å²) in [7, 11) is 1.56. The van der Waals surface area contributed by atoms with E-state index < -0.39 is 39.6 Å². The average Bonchev–Trinajstić information content (AvgIpc) is 3.20. The van der Waals surface area contributed by atoms with E-state index in [0.717, 1.165) is 11.6 Å². The van der Waals surface area contributed by atoms with Gasteiger partial charge in [0.1, 0.15) is 11.4 Å². The molecule has 0 aliphatic carbocycles. The summed E-state index contributed by atoms with van der Waals surface area (Å²) < 4.78 is 55.7. The third-order valence-electron chi connectivity index (χ3n) is 5.23. The Morgan fingerprint density at radius 1 is 1.06 bits per heavy atom. The van der Waals surface area contributed by atoms with Crippen molar-refractivity contribution >= 4 is 21.6 Å². The van der Waals surface area contributed by atoms with E-state index in [1.54, 1.807) is 19.2 Å². The molecule has 4 aromatic rings. The molecule has 0 aliphatic rings. The van der Waals surface area contributed by atoms with Gasteiger partial charge in [-0.25, -0.2) is 13.2 Å².